The van der Waals surface area contributed by atoms with Crippen LogP contribution in [0.15, 0.2) is 42.5 Å². The topological polar surface area (TPSA) is 17.1 Å². The van der Waals surface area contributed by atoms with Crippen molar-refractivity contribution in [3.8, 4) is 0 Å². The molecule has 0 atom stereocenters. The lowest BCUT2D eigenvalue weighted by atomic mass is 9.99. The van der Waals surface area contributed by atoms with E-state index in [1.807, 2.05) is 36.4 Å². The van der Waals surface area contributed by atoms with Crippen LogP contribution in [0.1, 0.15) is 12.0 Å². The van der Waals surface area contributed by atoms with Gasteiger partial charge >= 0.3 is 0 Å². The van der Waals surface area contributed by atoms with Gasteiger partial charge in [0.2, 0.25) is 0 Å². The molecule has 1 aromatic carbocycles. The van der Waals surface area contributed by atoms with Gasteiger partial charge in [0.15, 0.2) is 5.78 Å². The predicted molar refractivity (Wildman–Crippen MR) is 51.9 cm³/mol. The summed E-state index contributed by atoms with van der Waals surface area (Å²) in [4.78, 5) is 10.9. The number of carbonyl (C=O) groups is 1. The number of benzene rings is 1. The van der Waals surface area contributed by atoms with Crippen LogP contribution in [0, 0.1) is 6.08 Å². The van der Waals surface area contributed by atoms with Crippen LogP contribution in [0.2, 0.25) is 0 Å². The highest BCUT2D eigenvalue weighted by molar-refractivity contribution is 5.96. The average molecular weight is 169 g/mol. The summed E-state index contributed by atoms with van der Waals surface area (Å²) in [5.41, 5.74) is 2.13. The molecule has 0 saturated heterocycles. The SMILES string of the molecule is O=C1C=[C]C(c2ccccc2)=CC1. The summed E-state index contributed by atoms with van der Waals surface area (Å²) in [6.07, 6.45) is 6.90. The quantitative estimate of drug-likeness (QED) is 0.631. The summed E-state index contributed by atoms with van der Waals surface area (Å²) in [6, 6.07) is 9.97. The Labute approximate surface area is 77.4 Å². The first kappa shape index (κ1) is 7.99. The van der Waals surface area contributed by atoms with E-state index < -0.39 is 0 Å². The first-order valence-corrected chi connectivity index (χ1v) is 4.24. The van der Waals surface area contributed by atoms with Crippen LogP contribution < -0.4 is 0 Å². The minimum absolute atomic E-state index is 0.125. The van der Waals surface area contributed by atoms with Gasteiger partial charge in [0, 0.05) is 6.42 Å². The summed E-state index contributed by atoms with van der Waals surface area (Å²) in [5.74, 6) is 0.125. The Morgan fingerprint density at radius 3 is 2.54 bits per heavy atom. The van der Waals surface area contributed by atoms with Crippen LogP contribution in [0.5, 0.6) is 0 Å². The van der Waals surface area contributed by atoms with Crippen molar-refractivity contribution in [2.45, 2.75) is 6.42 Å². The number of rotatable bonds is 1. The third kappa shape index (κ3) is 1.75. The molecule has 0 saturated carbocycles. The maximum Gasteiger partial charge on any atom is 0.160 e. The van der Waals surface area contributed by atoms with Crippen LogP contribution in [-0.2, 0) is 4.79 Å². The largest absolute Gasteiger partial charge is 0.294 e. The van der Waals surface area contributed by atoms with Gasteiger partial charge in [0.1, 0.15) is 0 Å². The molecule has 0 amide bonds. The molecule has 0 unspecified atom stereocenters. The van der Waals surface area contributed by atoms with Crippen LogP contribution in [0.25, 0.3) is 5.57 Å². The molecule has 1 radical (unpaired) electrons. The summed E-state index contributed by atoms with van der Waals surface area (Å²) in [7, 11) is 0. The summed E-state index contributed by atoms with van der Waals surface area (Å²) in [5, 5.41) is 0. The van der Waals surface area contributed by atoms with E-state index in [2.05, 4.69) is 6.08 Å². The van der Waals surface area contributed by atoms with Gasteiger partial charge in [0.25, 0.3) is 0 Å². The van der Waals surface area contributed by atoms with E-state index in [0.717, 1.165) is 11.1 Å². The van der Waals surface area contributed by atoms with E-state index in [-0.39, 0.29) is 5.78 Å². The second-order valence-electron chi connectivity index (χ2n) is 2.94. The summed E-state index contributed by atoms with van der Waals surface area (Å²) < 4.78 is 0. The Hall–Kier alpha value is -1.63. The fourth-order valence-electron chi connectivity index (χ4n) is 1.30. The number of hydrogen-bond donors (Lipinski definition) is 0. The molecule has 0 fully saturated rings. The van der Waals surface area contributed by atoms with Gasteiger partial charge in [-0.2, -0.15) is 0 Å². The fraction of sp³-hybridized carbons (Fsp3) is 0.0833. The molecule has 13 heavy (non-hydrogen) atoms. The third-order valence-electron chi connectivity index (χ3n) is 1.98. The predicted octanol–water partition coefficient (Wildman–Crippen LogP) is 2.40. The molecule has 0 aromatic heterocycles. The van der Waals surface area contributed by atoms with Crippen molar-refractivity contribution in [1.82, 2.24) is 0 Å². The zero-order valence-electron chi connectivity index (χ0n) is 7.16. The Morgan fingerprint density at radius 2 is 1.92 bits per heavy atom. The van der Waals surface area contributed by atoms with Crippen molar-refractivity contribution in [3.05, 3.63) is 54.1 Å². The maximum atomic E-state index is 10.9. The number of carbonyl (C=O) groups excluding carboxylic acids is 1. The summed E-state index contributed by atoms with van der Waals surface area (Å²) >= 11 is 0. The first-order valence-electron chi connectivity index (χ1n) is 4.24. The highest BCUT2D eigenvalue weighted by atomic mass is 16.1. The van der Waals surface area contributed by atoms with Crippen molar-refractivity contribution < 1.29 is 4.79 Å². The number of allylic oxidation sites excluding steroid dienone is 4. The molecule has 63 valence electrons. The molecule has 1 heteroatoms. The molecular formula is C12H9O. The van der Waals surface area contributed by atoms with E-state index in [9.17, 15) is 4.79 Å². The Balaban J connectivity index is 2.30. The maximum absolute atomic E-state index is 10.9. The van der Waals surface area contributed by atoms with Gasteiger partial charge in [-0.1, -0.05) is 36.4 Å². The Morgan fingerprint density at radius 1 is 1.15 bits per heavy atom. The van der Waals surface area contributed by atoms with Gasteiger partial charge < -0.3 is 0 Å². The monoisotopic (exact) mass is 169 g/mol. The van der Waals surface area contributed by atoms with E-state index in [1.165, 1.54) is 6.08 Å². The van der Waals surface area contributed by atoms with E-state index >= 15 is 0 Å². The molecule has 0 N–H and O–H groups in total. The van der Waals surface area contributed by atoms with Crippen LogP contribution in [-0.4, -0.2) is 5.78 Å². The molecule has 0 bridgehead atoms. The molecule has 0 aliphatic heterocycles. The van der Waals surface area contributed by atoms with Gasteiger partial charge in [-0.3, -0.25) is 4.79 Å². The minimum Gasteiger partial charge on any atom is -0.294 e. The van der Waals surface area contributed by atoms with E-state index in [4.69, 9.17) is 0 Å². The van der Waals surface area contributed by atoms with Crippen molar-refractivity contribution in [1.29, 1.82) is 0 Å². The zero-order valence-corrected chi connectivity index (χ0v) is 7.16. The summed E-state index contributed by atoms with van der Waals surface area (Å²) in [6.45, 7) is 0. The number of hydrogen-bond acceptors (Lipinski definition) is 1. The molecule has 1 aromatic rings. The second kappa shape index (κ2) is 3.40. The molecule has 1 nitrogen and oxygen atoms in total. The minimum atomic E-state index is 0.125. The fourth-order valence-corrected chi connectivity index (χ4v) is 1.30. The van der Waals surface area contributed by atoms with E-state index in [0.29, 0.717) is 6.42 Å². The van der Waals surface area contributed by atoms with Crippen molar-refractivity contribution in [3.63, 3.8) is 0 Å². The Bertz CT molecular complexity index is 371. The van der Waals surface area contributed by atoms with Gasteiger partial charge in [-0.15, -0.1) is 0 Å². The normalized spacial score (nSPS) is 15.7. The second-order valence-corrected chi connectivity index (χ2v) is 2.94. The molecule has 0 heterocycles. The van der Waals surface area contributed by atoms with Crippen molar-refractivity contribution >= 4 is 11.4 Å². The standard InChI is InChI=1S/C12H9O/c13-12-8-6-11(7-9-12)10-4-2-1-3-5-10/h1-6,9H,8H2. The number of ketones is 1. The van der Waals surface area contributed by atoms with Crippen molar-refractivity contribution in [2.75, 3.05) is 0 Å². The molecule has 1 aliphatic carbocycles. The zero-order chi connectivity index (χ0) is 9.10. The molecular weight excluding hydrogens is 160 g/mol. The van der Waals surface area contributed by atoms with Gasteiger partial charge in [-0.25, -0.2) is 0 Å². The third-order valence-corrected chi connectivity index (χ3v) is 1.98. The smallest absolute Gasteiger partial charge is 0.160 e. The van der Waals surface area contributed by atoms with E-state index in [1.54, 1.807) is 0 Å². The lowest BCUT2D eigenvalue weighted by Gasteiger charge is -2.04. The molecule has 2 rings (SSSR count). The van der Waals surface area contributed by atoms with Crippen molar-refractivity contribution in [2.24, 2.45) is 0 Å². The molecule has 1 aliphatic rings. The lowest BCUT2D eigenvalue weighted by molar-refractivity contribution is -0.113. The average Bonchev–Trinajstić information content (AvgIpc) is 2.20. The molecule has 0 spiro atoms. The van der Waals surface area contributed by atoms with Crippen LogP contribution in [0.3, 0.4) is 0 Å². The highest BCUT2D eigenvalue weighted by Gasteiger charge is 2.04. The first-order chi connectivity index (χ1) is 6.36. The Kier molecular flexibility index (Phi) is 2.09. The lowest BCUT2D eigenvalue weighted by Crippen LogP contribution is -1.96. The van der Waals surface area contributed by atoms with Crippen LogP contribution in [0.4, 0.5) is 0 Å². The van der Waals surface area contributed by atoms with Gasteiger partial charge in [0.05, 0.1) is 0 Å². The van der Waals surface area contributed by atoms with Gasteiger partial charge in [-0.05, 0) is 23.3 Å². The van der Waals surface area contributed by atoms with Crippen LogP contribution >= 0.6 is 0 Å². The highest BCUT2D eigenvalue weighted by Crippen LogP contribution is 2.18.